The summed E-state index contributed by atoms with van der Waals surface area (Å²) >= 11 is 6.40. The Morgan fingerprint density at radius 3 is 2.03 bits per heavy atom. The summed E-state index contributed by atoms with van der Waals surface area (Å²) in [7, 11) is -4.12. The zero-order chi connectivity index (χ0) is 28.9. The summed E-state index contributed by atoms with van der Waals surface area (Å²) < 4.78 is 29.0. The van der Waals surface area contributed by atoms with Crippen molar-refractivity contribution in [2.24, 2.45) is 0 Å². The molecule has 0 spiro atoms. The van der Waals surface area contributed by atoms with Crippen LogP contribution in [0.25, 0.3) is 0 Å². The van der Waals surface area contributed by atoms with E-state index in [0.29, 0.717) is 16.3 Å². The second-order valence-electron chi connectivity index (χ2n) is 10.1. The molecule has 0 aliphatic rings. The summed E-state index contributed by atoms with van der Waals surface area (Å²) in [5.74, 6) is -0.874. The SMILES string of the molecule is Cc1ccc(S(=O)(=O)N(CC(=O)N(Cc2ccccc2Cl)[C@H](C)C(=O)NC(C)C)c2cc(C)cc(C)c2)cc1. The van der Waals surface area contributed by atoms with E-state index in [4.69, 9.17) is 11.6 Å². The summed E-state index contributed by atoms with van der Waals surface area (Å²) in [5, 5.41) is 3.29. The molecule has 208 valence electrons. The molecule has 1 atom stereocenters. The van der Waals surface area contributed by atoms with E-state index >= 15 is 0 Å². The maximum absolute atomic E-state index is 14.0. The molecular weight excluding hydrogens is 534 g/mol. The Morgan fingerprint density at radius 2 is 1.46 bits per heavy atom. The van der Waals surface area contributed by atoms with Gasteiger partial charge in [0.1, 0.15) is 12.6 Å². The number of hydrogen-bond donors (Lipinski definition) is 1. The number of anilines is 1. The van der Waals surface area contributed by atoms with Crippen molar-refractivity contribution < 1.29 is 18.0 Å². The first kappa shape index (κ1) is 30.2. The highest BCUT2D eigenvalue weighted by Gasteiger charge is 2.33. The number of rotatable bonds is 10. The van der Waals surface area contributed by atoms with E-state index in [1.165, 1.54) is 17.0 Å². The van der Waals surface area contributed by atoms with E-state index < -0.39 is 28.5 Å². The van der Waals surface area contributed by atoms with Crippen LogP contribution in [-0.4, -0.2) is 43.8 Å². The Hall–Kier alpha value is -3.36. The average molecular weight is 570 g/mol. The Bertz CT molecular complexity index is 1420. The first-order valence-electron chi connectivity index (χ1n) is 12.8. The predicted molar refractivity (Wildman–Crippen MR) is 156 cm³/mol. The van der Waals surface area contributed by atoms with Crippen LogP contribution in [0.1, 0.15) is 43.0 Å². The summed E-state index contributed by atoms with van der Waals surface area (Å²) in [6.07, 6.45) is 0. The Kier molecular flexibility index (Phi) is 9.80. The lowest BCUT2D eigenvalue weighted by Crippen LogP contribution is -2.52. The lowest BCUT2D eigenvalue weighted by atomic mass is 10.1. The van der Waals surface area contributed by atoms with E-state index in [2.05, 4.69) is 5.32 Å². The molecule has 0 fully saturated rings. The van der Waals surface area contributed by atoms with Crippen LogP contribution in [0.4, 0.5) is 5.69 Å². The number of sulfonamides is 1. The molecule has 39 heavy (non-hydrogen) atoms. The minimum atomic E-state index is -4.12. The number of benzene rings is 3. The van der Waals surface area contributed by atoms with Crippen molar-refractivity contribution in [3.8, 4) is 0 Å². The molecule has 2 amide bonds. The van der Waals surface area contributed by atoms with Crippen LogP contribution in [0.5, 0.6) is 0 Å². The molecule has 7 nitrogen and oxygen atoms in total. The summed E-state index contributed by atoms with van der Waals surface area (Å²) in [5.41, 5.74) is 3.66. The van der Waals surface area contributed by atoms with Crippen molar-refractivity contribution >= 4 is 39.1 Å². The summed E-state index contributed by atoms with van der Waals surface area (Å²) in [6.45, 7) is 10.5. The molecule has 0 aliphatic heterocycles. The largest absolute Gasteiger partial charge is 0.352 e. The number of hydrogen-bond acceptors (Lipinski definition) is 4. The van der Waals surface area contributed by atoms with Gasteiger partial charge in [0.05, 0.1) is 10.6 Å². The first-order valence-corrected chi connectivity index (χ1v) is 14.6. The van der Waals surface area contributed by atoms with E-state index in [1.54, 1.807) is 55.5 Å². The smallest absolute Gasteiger partial charge is 0.264 e. The molecule has 0 unspecified atom stereocenters. The fourth-order valence-corrected chi connectivity index (χ4v) is 5.85. The second kappa shape index (κ2) is 12.7. The van der Waals surface area contributed by atoms with Crippen LogP contribution in [0.2, 0.25) is 5.02 Å². The van der Waals surface area contributed by atoms with Crippen LogP contribution in [-0.2, 0) is 26.2 Å². The van der Waals surface area contributed by atoms with Crippen molar-refractivity contribution in [1.82, 2.24) is 10.2 Å². The van der Waals surface area contributed by atoms with Crippen LogP contribution in [0.15, 0.2) is 71.6 Å². The highest BCUT2D eigenvalue weighted by molar-refractivity contribution is 7.92. The van der Waals surface area contributed by atoms with Gasteiger partial charge in [0, 0.05) is 17.6 Å². The molecule has 3 aromatic rings. The number of amides is 2. The van der Waals surface area contributed by atoms with Gasteiger partial charge in [-0.05, 0) is 88.6 Å². The van der Waals surface area contributed by atoms with Crippen LogP contribution < -0.4 is 9.62 Å². The number of carbonyl (C=O) groups is 2. The van der Waals surface area contributed by atoms with Gasteiger partial charge in [-0.25, -0.2) is 8.42 Å². The van der Waals surface area contributed by atoms with Crippen LogP contribution >= 0.6 is 11.6 Å². The molecule has 3 aromatic carbocycles. The zero-order valence-electron chi connectivity index (χ0n) is 23.2. The van der Waals surface area contributed by atoms with Crippen LogP contribution in [0.3, 0.4) is 0 Å². The van der Waals surface area contributed by atoms with E-state index in [-0.39, 0.29) is 23.4 Å². The van der Waals surface area contributed by atoms with Gasteiger partial charge in [0.2, 0.25) is 11.8 Å². The van der Waals surface area contributed by atoms with Gasteiger partial charge in [-0.1, -0.05) is 53.6 Å². The maximum atomic E-state index is 14.0. The fourth-order valence-electron chi connectivity index (χ4n) is 4.26. The minimum Gasteiger partial charge on any atom is -0.352 e. The molecule has 0 radical (unpaired) electrons. The molecule has 1 N–H and O–H groups in total. The third-order valence-corrected chi connectivity index (χ3v) is 8.44. The highest BCUT2D eigenvalue weighted by Crippen LogP contribution is 2.27. The number of carbonyl (C=O) groups excluding carboxylic acids is 2. The average Bonchev–Trinajstić information content (AvgIpc) is 2.85. The van der Waals surface area contributed by atoms with Gasteiger partial charge in [-0.2, -0.15) is 0 Å². The van der Waals surface area contributed by atoms with E-state index in [9.17, 15) is 18.0 Å². The number of aryl methyl sites for hydroxylation is 3. The third-order valence-electron chi connectivity index (χ3n) is 6.28. The molecule has 0 heterocycles. The fraction of sp³-hybridized carbons (Fsp3) is 0.333. The Balaban J connectivity index is 2.08. The Labute approximate surface area is 236 Å². The van der Waals surface area contributed by atoms with Crippen molar-refractivity contribution in [1.29, 1.82) is 0 Å². The van der Waals surface area contributed by atoms with Crippen LogP contribution in [0, 0.1) is 20.8 Å². The van der Waals surface area contributed by atoms with Gasteiger partial charge in [0.15, 0.2) is 0 Å². The van der Waals surface area contributed by atoms with Gasteiger partial charge in [0.25, 0.3) is 10.0 Å². The molecule has 0 aromatic heterocycles. The molecule has 0 bridgehead atoms. The molecule has 9 heteroatoms. The Morgan fingerprint density at radius 1 is 0.872 bits per heavy atom. The van der Waals surface area contributed by atoms with Gasteiger partial charge >= 0.3 is 0 Å². The van der Waals surface area contributed by atoms with E-state index in [0.717, 1.165) is 21.0 Å². The van der Waals surface area contributed by atoms with Crippen molar-refractivity contribution in [3.05, 3.63) is 94.0 Å². The second-order valence-corrected chi connectivity index (χ2v) is 12.4. The zero-order valence-corrected chi connectivity index (χ0v) is 24.8. The van der Waals surface area contributed by atoms with Gasteiger partial charge in [-0.3, -0.25) is 13.9 Å². The number of nitrogens with one attached hydrogen (secondary N) is 1. The summed E-state index contributed by atoms with van der Waals surface area (Å²) in [4.78, 5) is 28.4. The summed E-state index contributed by atoms with van der Waals surface area (Å²) in [6, 6.07) is 18.0. The van der Waals surface area contributed by atoms with Crippen molar-refractivity contribution in [2.75, 3.05) is 10.8 Å². The lowest BCUT2D eigenvalue weighted by Gasteiger charge is -2.32. The van der Waals surface area contributed by atoms with Gasteiger partial charge < -0.3 is 10.2 Å². The quantitative estimate of drug-likeness (QED) is 0.354. The van der Waals surface area contributed by atoms with Crippen molar-refractivity contribution in [2.45, 2.75) is 65.1 Å². The minimum absolute atomic E-state index is 0.0381. The normalized spacial score (nSPS) is 12.2. The van der Waals surface area contributed by atoms with Gasteiger partial charge in [-0.15, -0.1) is 0 Å². The first-order chi connectivity index (χ1) is 18.3. The highest BCUT2D eigenvalue weighted by atomic mass is 35.5. The topological polar surface area (TPSA) is 86.8 Å². The standard InChI is InChI=1S/C30H36ClN3O4S/c1-20(2)32-30(36)24(6)33(18-25-9-7-8-10-28(25)31)29(35)19-34(26-16-22(4)15-23(5)17-26)39(37,38)27-13-11-21(3)12-14-27/h7-17,20,24H,18-19H2,1-6H3,(H,32,36)/t24-/m1/s1. The maximum Gasteiger partial charge on any atom is 0.264 e. The molecule has 0 saturated carbocycles. The lowest BCUT2D eigenvalue weighted by molar-refractivity contribution is -0.139. The molecule has 3 rings (SSSR count). The van der Waals surface area contributed by atoms with E-state index in [1.807, 2.05) is 40.7 Å². The number of halogens is 1. The molecular formula is C30H36ClN3O4S. The molecule has 0 aliphatic carbocycles. The third kappa shape index (κ3) is 7.61. The monoisotopic (exact) mass is 569 g/mol. The predicted octanol–water partition coefficient (Wildman–Crippen LogP) is 5.40. The van der Waals surface area contributed by atoms with Crippen molar-refractivity contribution in [3.63, 3.8) is 0 Å². The molecule has 0 saturated heterocycles. The number of nitrogens with zero attached hydrogens (tertiary/aromatic N) is 2.